The van der Waals surface area contributed by atoms with Crippen molar-refractivity contribution in [3.63, 3.8) is 0 Å². The van der Waals surface area contributed by atoms with Crippen LogP contribution in [0, 0.1) is 0 Å². The van der Waals surface area contributed by atoms with Gasteiger partial charge in [0.15, 0.2) is 0 Å². The van der Waals surface area contributed by atoms with E-state index < -0.39 is 0 Å². The second-order valence-electron chi connectivity index (χ2n) is 13.1. The number of rotatable bonds is 4. The highest BCUT2D eigenvalue weighted by molar-refractivity contribution is 6.11. The molecule has 49 heavy (non-hydrogen) atoms. The van der Waals surface area contributed by atoms with Crippen LogP contribution in [-0.2, 0) is 7.05 Å². The normalized spacial score (nSPS) is 12.9. The Kier molecular flexibility index (Phi) is 6.00. The predicted octanol–water partition coefficient (Wildman–Crippen LogP) is 10.7. The minimum Gasteiger partial charge on any atom is -0.355 e. The Labute approximate surface area is 284 Å². The molecule has 0 spiro atoms. The third-order valence-electron chi connectivity index (χ3n) is 10.2. The SMILES string of the molecule is CN1CN(c2cccc(-n3c4ccc(-c5ccc6ccccc6c5)cc4c4ccc(-c5nc6ccccc6n5C)cc43)c2)c2ccccc21. The van der Waals surface area contributed by atoms with Crippen LogP contribution < -0.4 is 9.80 Å². The molecule has 0 atom stereocenters. The van der Waals surface area contributed by atoms with Gasteiger partial charge in [0.1, 0.15) is 5.82 Å². The van der Waals surface area contributed by atoms with E-state index in [9.17, 15) is 0 Å². The summed E-state index contributed by atoms with van der Waals surface area (Å²) < 4.78 is 4.62. The minimum atomic E-state index is 0.807. The number of hydrogen-bond donors (Lipinski definition) is 0. The number of fused-ring (bicyclic) bond motifs is 6. The van der Waals surface area contributed by atoms with Crippen molar-refractivity contribution >= 4 is 60.7 Å². The standard InChI is InChI=1S/C44H33N5/c1-46-28-48(42-17-8-7-16-41(42)46)34-12-9-13-35(27-34)49-39-23-21-32(31-19-18-29-10-3-4-11-30(29)24-31)25-37(39)36-22-20-33(26-43(36)49)44-45-38-14-5-6-15-40(38)47(44)2/h3-27H,28H2,1-2H3. The fraction of sp³-hybridized carbons (Fsp3) is 0.0682. The van der Waals surface area contributed by atoms with Gasteiger partial charge < -0.3 is 18.9 Å². The van der Waals surface area contributed by atoms with Gasteiger partial charge in [0, 0.05) is 41.8 Å². The number of imidazole rings is 1. The van der Waals surface area contributed by atoms with Crippen LogP contribution in [0.5, 0.6) is 0 Å². The van der Waals surface area contributed by atoms with Crippen LogP contribution in [0.15, 0.2) is 152 Å². The molecule has 5 nitrogen and oxygen atoms in total. The zero-order valence-electron chi connectivity index (χ0n) is 27.4. The largest absolute Gasteiger partial charge is 0.355 e. The summed E-state index contributed by atoms with van der Waals surface area (Å²) in [5.41, 5.74) is 12.8. The van der Waals surface area contributed by atoms with E-state index in [4.69, 9.17) is 4.98 Å². The Balaban J connectivity index is 1.19. The van der Waals surface area contributed by atoms with Crippen molar-refractivity contribution in [2.75, 3.05) is 23.5 Å². The van der Waals surface area contributed by atoms with Gasteiger partial charge in [-0.05, 0) is 88.6 Å². The van der Waals surface area contributed by atoms with E-state index in [-0.39, 0.29) is 0 Å². The highest BCUT2D eigenvalue weighted by atomic mass is 15.4. The third kappa shape index (κ3) is 4.29. The molecular formula is C44H33N5. The van der Waals surface area contributed by atoms with E-state index in [1.165, 1.54) is 55.3 Å². The Morgan fingerprint density at radius 2 is 1.22 bits per heavy atom. The maximum Gasteiger partial charge on any atom is 0.140 e. The zero-order chi connectivity index (χ0) is 32.6. The number of nitrogens with zero attached hydrogens (tertiary/aromatic N) is 5. The van der Waals surface area contributed by atoms with Crippen molar-refractivity contribution in [3.8, 4) is 28.2 Å². The lowest BCUT2D eigenvalue weighted by atomic mass is 9.99. The van der Waals surface area contributed by atoms with E-state index in [1.54, 1.807) is 0 Å². The van der Waals surface area contributed by atoms with E-state index in [0.717, 1.165) is 40.3 Å². The highest BCUT2D eigenvalue weighted by Crippen LogP contribution is 2.42. The molecule has 9 aromatic rings. The fourth-order valence-corrected chi connectivity index (χ4v) is 7.79. The van der Waals surface area contributed by atoms with Crippen molar-refractivity contribution in [1.82, 2.24) is 14.1 Å². The number of para-hydroxylation sites is 4. The molecule has 234 valence electrons. The van der Waals surface area contributed by atoms with Crippen LogP contribution in [0.2, 0.25) is 0 Å². The van der Waals surface area contributed by atoms with Crippen LogP contribution in [0.1, 0.15) is 0 Å². The lowest BCUT2D eigenvalue weighted by Crippen LogP contribution is -2.24. The van der Waals surface area contributed by atoms with Gasteiger partial charge >= 0.3 is 0 Å². The van der Waals surface area contributed by atoms with Crippen LogP contribution in [0.4, 0.5) is 17.1 Å². The molecule has 1 aliphatic heterocycles. The van der Waals surface area contributed by atoms with Gasteiger partial charge in [-0.15, -0.1) is 0 Å². The van der Waals surface area contributed by atoms with Crippen molar-refractivity contribution in [1.29, 1.82) is 0 Å². The number of anilines is 3. The first kappa shape index (κ1) is 27.8. The molecule has 1 aliphatic rings. The summed E-state index contributed by atoms with van der Waals surface area (Å²) in [4.78, 5) is 9.77. The molecule has 0 fully saturated rings. The van der Waals surface area contributed by atoms with Gasteiger partial charge in [0.05, 0.1) is 40.1 Å². The summed E-state index contributed by atoms with van der Waals surface area (Å²) in [6.45, 7) is 0.807. The fourth-order valence-electron chi connectivity index (χ4n) is 7.79. The molecule has 0 saturated heterocycles. The minimum absolute atomic E-state index is 0.807. The maximum absolute atomic E-state index is 5.06. The summed E-state index contributed by atoms with van der Waals surface area (Å²) in [5, 5.41) is 4.95. The van der Waals surface area contributed by atoms with E-state index >= 15 is 0 Å². The average molecular weight is 632 g/mol. The zero-order valence-corrected chi connectivity index (χ0v) is 27.4. The van der Waals surface area contributed by atoms with E-state index in [1.807, 2.05) is 0 Å². The van der Waals surface area contributed by atoms with Gasteiger partial charge in [-0.25, -0.2) is 4.98 Å². The quantitative estimate of drug-likeness (QED) is 0.194. The predicted molar refractivity (Wildman–Crippen MR) is 205 cm³/mol. The molecule has 0 bridgehead atoms. The van der Waals surface area contributed by atoms with Crippen LogP contribution >= 0.6 is 0 Å². The molecule has 0 amide bonds. The van der Waals surface area contributed by atoms with Crippen molar-refractivity contribution in [2.24, 2.45) is 7.05 Å². The summed E-state index contributed by atoms with van der Waals surface area (Å²) >= 11 is 0. The van der Waals surface area contributed by atoms with E-state index in [2.05, 4.69) is 185 Å². The topological polar surface area (TPSA) is 29.2 Å². The lowest BCUT2D eigenvalue weighted by molar-refractivity contribution is 0.948. The number of benzene rings is 7. The number of aryl methyl sites for hydroxylation is 1. The third-order valence-corrected chi connectivity index (χ3v) is 10.2. The van der Waals surface area contributed by atoms with E-state index in [0.29, 0.717) is 0 Å². The monoisotopic (exact) mass is 631 g/mol. The smallest absolute Gasteiger partial charge is 0.140 e. The Bertz CT molecular complexity index is 2750. The molecule has 7 aromatic carbocycles. The van der Waals surface area contributed by atoms with Crippen molar-refractivity contribution < 1.29 is 0 Å². The number of aromatic nitrogens is 3. The van der Waals surface area contributed by atoms with Gasteiger partial charge in [0.2, 0.25) is 0 Å². The summed E-state index contributed by atoms with van der Waals surface area (Å²) in [7, 11) is 4.26. The second kappa shape index (κ2) is 10.6. The first-order chi connectivity index (χ1) is 24.1. The van der Waals surface area contributed by atoms with Gasteiger partial charge in [-0.2, -0.15) is 0 Å². The first-order valence-corrected chi connectivity index (χ1v) is 16.8. The van der Waals surface area contributed by atoms with Gasteiger partial charge in [-0.1, -0.05) is 84.9 Å². The molecule has 10 rings (SSSR count). The van der Waals surface area contributed by atoms with Crippen LogP contribution in [-0.4, -0.2) is 27.8 Å². The Hall–Kier alpha value is -6.33. The second-order valence-corrected chi connectivity index (χ2v) is 13.1. The molecule has 3 heterocycles. The van der Waals surface area contributed by atoms with Gasteiger partial charge in [-0.3, -0.25) is 0 Å². The maximum atomic E-state index is 5.06. The highest BCUT2D eigenvalue weighted by Gasteiger charge is 2.25. The first-order valence-electron chi connectivity index (χ1n) is 16.8. The Morgan fingerprint density at radius 3 is 2.12 bits per heavy atom. The van der Waals surface area contributed by atoms with Crippen LogP contribution in [0.25, 0.3) is 71.8 Å². The molecule has 5 heteroatoms. The molecule has 0 unspecified atom stereocenters. The summed E-state index contributed by atoms with van der Waals surface area (Å²) in [6.07, 6.45) is 0. The van der Waals surface area contributed by atoms with Crippen molar-refractivity contribution in [2.45, 2.75) is 0 Å². The molecule has 2 aromatic heterocycles. The molecular weight excluding hydrogens is 599 g/mol. The molecule has 0 saturated carbocycles. The molecule has 0 N–H and O–H groups in total. The van der Waals surface area contributed by atoms with Crippen molar-refractivity contribution in [3.05, 3.63) is 152 Å². The summed E-state index contributed by atoms with van der Waals surface area (Å²) in [6, 6.07) is 55.0. The Morgan fingerprint density at radius 1 is 0.490 bits per heavy atom. The summed E-state index contributed by atoms with van der Waals surface area (Å²) in [5.74, 6) is 0.960. The lowest BCUT2D eigenvalue weighted by Gasteiger charge is -2.21. The molecule has 0 aliphatic carbocycles. The average Bonchev–Trinajstić information content (AvgIpc) is 3.79. The number of hydrogen-bond acceptors (Lipinski definition) is 3. The van der Waals surface area contributed by atoms with Gasteiger partial charge in [0.25, 0.3) is 0 Å². The molecule has 0 radical (unpaired) electrons. The van der Waals surface area contributed by atoms with Crippen LogP contribution in [0.3, 0.4) is 0 Å².